The summed E-state index contributed by atoms with van der Waals surface area (Å²) in [7, 11) is 0. The second-order valence-electron chi connectivity index (χ2n) is 7.63. The maximum Gasteiger partial charge on any atom is 0.274 e. The molecular formula is C21H24BrN5O. The van der Waals surface area contributed by atoms with Gasteiger partial charge in [-0.15, -0.1) is 0 Å². The van der Waals surface area contributed by atoms with E-state index in [0.29, 0.717) is 17.1 Å². The summed E-state index contributed by atoms with van der Waals surface area (Å²) in [5.74, 6) is 1.56. The third kappa shape index (κ3) is 3.63. The van der Waals surface area contributed by atoms with Gasteiger partial charge in [-0.25, -0.2) is 9.97 Å². The number of carbonyl (C=O) groups excluding carboxylic acids is 1. The van der Waals surface area contributed by atoms with Crippen molar-refractivity contribution in [1.29, 1.82) is 0 Å². The molecule has 1 amide bonds. The van der Waals surface area contributed by atoms with Crippen LogP contribution in [0.2, 0.25) is 0 Å². The van der Waals surface area contributed by atoms with Crippen molar-refractivity contribution in [3.05, 3.63) is 52.0 Å². The fourth-order valence-corrected chi connectivity index (χ4v) is 4.33. The molecule has 1 saturated heterocycles. The first-order valence-electron chi connectivity index (χ1n) is 9.59. The number of hydrogen-bond acceptors (Lipinski definition) is 4. The molecule has 3 aromatic heterocycles. The number of nitrogens with one attached hydrogen (secondary N) is 1. The number of pyridine rings is 2. The van der Waals surface area contributed by atoms with E-state index in [1.807, 2.05) is 42.6 Å². The van der Waals surface area contributed by atoms with E-state index in [4.69, 9.17) is 0 Å². The number of aryl methyl sites for hydroxylation is 2. The Hall–Kier alpha value is -2.41. The number of piperidine rings is 1. The molecule has 0 bridgehead atoms. The molecule has 0 aromatic carbocycles. The number of fused-ring (bicyclic) bond motifs is 1. The topological polar surface area (TPSA) is 62.5 Å². The van der Waals surface area contributed by atoms with E-state index in [0.717, 1.165) is 40.5 Å². The summed E-state index contributed by atoms with van der Waals surface area (Å²) >= 11 is 3.53. The third-order valence-corrected chi connectivity index (χ3v) is 5.90. The van der Waals surface area contributed by atoms with Gasteiger partial charge in [-0.1, -0.05) is 6.92 Å². The van der Waals surface area contributed by atoms with Crippen molar-refractivity contribution < 1.29 is 4.79 Å². The lowest BCUT2D eigenvalue weighted by Gasteiger charge is -2.31. The van der Waals surface area contributed by atoms with Gasteiger partial charge in [0.05, 0.1) is 22.1 Å². The lowest BCUT2D eigenvalue weighted by molar-refractivity contribution is 0.102. The van der Waals surface area contributed by atoms with Gasteiger partial charge in [0.2, 0.25) is 0 Å². The van der Waals surface area contributed by atoms with Crippen LogP contribution in [0.25, 0.3) is 5.65 Å². The molecule has 0 unspecified atom stereocenters. The van der Waals surface area contributed by atoms with Crippen LogP contribution in [0.1, 0.15) is 41.5 Å². The van der Waals surface area contributed by atoms with E-state index < -0.39 is 0 Å². The van der Waals surface area contributed by atoms with Gasteiger partial charge in [0.15, 0.2) is 5.65 Å². The molecule has 1 aliphatic heterocycles. The van der Waals surface area contributed by atoms with Crippen LogP contribution in [-0.4, -0.2) is 33.4 Å². The zero-order chi connectivity index (χ0) is 19.8. The van der Waals surface area contributed by atoms with E-state index in [1.165, 1.54) is 12.8 Å². The van der Waals surface area contributed by atoms with Gasteiger partial charge in [-0.3, -0.25) is 9.20 Å². The fraction of sp³-hybridized carbons (Fsp3) is 0.381. The molecule has 0 radical (unpaired) electrons. The lowest BCUT2D eigenvalue weighted by atomic mass is 9.99. The molecule has 0 spiro atoms. The summed E-state index contributed by atoms with van der Waals surface area (Å²) in [6.45, 7) is 8.21. The van der Waals surface area contributed by atoms with Gasteiger partial charge in [0.1, 0.15) is 11.5 Å². The summed E-state index contributed by atoms with van der Waals surface area (Å²) in [6, 6.07) is 5.89. The van der Waals surface area contributed by atoms with Gasteiger partial charge in [0, 0.05) is 19.3 Å². The number of aromatic nitrogens is 3. The Balaban J connectivity index is 1.54. The predicted molar refractivity (Wildman–Crippen MR) is 115 cm³/mol. The highest BCUT2D eigenvalue weighted by Gasteiger charge is 2.20. The summed E-state index contributed by atoms with van der Waals surface area (Å²) in [5, 5.41) is 2.96. The largest absolute Gasteiger partial charge is 0.357 e. The Labute approximate surface area is 173 Å². The molecule has 0 atom stereocenters. The lowest BCUT2D eigenvalue weighted by Crippen LogP contribution is -2.33. The number of imidazole rings is 1. The van der Waals surface area contributed by atoms with E-state index in [2.05, 4.69) is 43.0 Å². The molecule has 4 heterocycles. The van der Waals surface area contributed by atoms with Gasteiger partial charge >= 0.3 is 0 Å². The Morgan fingerprint density at radius 2 is 2.00 bits per heavy atom. The number of rotatable bonds is 3. The molecule has 28 heavy (non-hydrogen) atoms. The maximum atomic E-state index is 12.9. The Bertz CT molecular complexity index is 1020. The molecule has 1 N–H and O–H groups in total. The quantitative estimate of drug-likeness (QED) is 0.644. The monoisotopic (exact) mass is 441 g/mol. The molecule has 0 aliphatic carbocycles. The van der Waals surface area contributed by atoms with Gasteiger partial charge < -0.3 is 10.2 Å². The zero-order valence-corrected chi connectivity index (χ0v) is 18.0. The van der Waals surface area contributed by atoms with Crippen molar-refractivity contribution in [1.82, 2.24) is 14.4 Å². The van der Waals surface area contributed by atoms with Crippen molar-refractivity contribution in [2.45, 2.75) is 33.6 Å². The minimum atomic E-state index is -0.191. The first-order valence-corrected chi connectivity index (χ1v) is 10.4. The number of nitrogens with zero attached hydrogens (tertiary/aromatic N) is 4. The number of halogens is 1. The molecule has 4 rings (SSSR count). The summed E-state index contributed by atoms with van der Waals surface area (Å²) in [6.07, 6.45) is 6.05. The number of anilines is 2. The summed E-state index contributed by atoms with van der Waals surface area (Å²) in [4.78, 5) is 24.3. The van der Waals surface area contributed by atoms with E-state index >= 15 is 0 Å². The van der Waals surface area contributed by atoms with Crippen LogP contribution >= 0.6 is 15.9 Å². The first kappa shape index (κ1) is 18.9. The molecule has 1 aliphatic rings. The normalized spacial score (nSPS) is 15.2. The minimum absolute atomic E-state index is 0.191. The van der Waals surface area contributed by atoms with Crippen LogP contribution in [0.5, 0.6) is 0 Å². The zero-order valence-electron chi connectivity index (χ0n) is 16.4. The fourth-order valence-electron chi connectivity index (χ4n) is 3.69. The highest BCUT2D eigenvalue weighted by atomic mass is 79.9. The molecule has 0 saturated carbocycles. The van der Waals surface area contributed by atoms with E-state index in [9.17, 15) is 4.79 Å². The van der Waals surface area contributed by atoms with Crippen molar-refractivity contribution in [2.24, 2.45) is 5.92 Å². The van der Waals surface area contributed by atoms with Crippen molar-refractivity contribution in [3.8, 4) is 0 Å². The summed E-state index contributed by atoms with van der Waals surface area (Å²) in [5.41, 5.74) is 3.69. The van der Waals surface area contributed by atoms with E-state index in [-0.39, 0.29) is 5.91 Å². The maximum absolute atomic E-state index is 12.9. The van der Waals surface area contributed by atoms with Crippen molar-refractivity contribution in [2.75, 3.05) is 23.3 Å². The van der Waals surface area contributed by atoms with Crippen LogP contribution < -0.4 is 10.2 Å². The third-order valence-electron chi connectivity index (χ3n) is 5.31. The highest BCUT2D eigenvalue weighted by Crippen LogP contribution is 2.24. The first-order chi connectivity index (χ1) is 13.4. The molecule has 146 valence electrons. The number of amides is 1. The minimum Gasteiger partial charge on any atom is -0.357 e. The van der Waals surface area contributed by atoms with Crippen LogP contribution in [0.4, 0.5) is 11.5 Å². The van der Waals surface area contributed by atoms with Crippen LogP contribution in [0.15, 0.2) is 35.1 Å². The Morgan fingerprint density at radius 3 is 2.68 bits per heavy atom. The second-order valence-corrected chi connectivity index (χ2v) is 8.49. The van der Waals surface area contributed by atoms with Crippen LogP contribution in [-0.2, 0) is 0 Å². The Morgan fingerprint density at radius 1 is 1.25 bits per heavy atom. The smallest absolute Gasteiger partial charge is 0.274 e. The SMILES string of the molecule is Cc1cc(Br)c2nc(C)c(C(=O)Nc3ccc(N4CCC(C)CC4)nc3)n2c1. The van der Waals surface area contributed by atoms with Crippen molar-refractivity contribution in [3.63, 3.8) is 0 Å². The average molecular weight is 442 g/mol. The predicted octanol–water partition coefficient (Wildman–Crippen LogP) is 4.60. The standard InChI is InChI=1S/C21H24BrN5O/c1-13-6-8-26(9-7-13)18-5-4-16(11-23-18)25-21(28)19-15(3)24-20-17(22)10-14(2)12-27(19)20/h4-5,10-13H,6-9H2,1-3H3,(H,25,28). The molecular weight excluding hydrogens is 418 g/mol. The van der Waals surface area contributed by atoms with Crippen LogP contribution in [0, 0.1) is 19.8 Å². The van der Waals surface area contributed by atoms with Gasteiger partial charge in [-0.05, 0) is 72.3 Å². The molecule has 3 aromatic rings. The molecule has 6 nitrogen and oxygen atoms in total. The number of hydrogen-bond donors (Lipinski definition) is 1. The molecule has 1 fully saturated rings. The van der Waals surface area contributed by atoms with Crippen LogP contribution in [0.3, 0.4) is 0 Å². The summed E-state index contributed by atoms with van der Waals surface area (Å²) < 4.78 is 2.71. The average Bonchev–Trinajstić information content (AvgIpc) is 2.99. The van der Waals surface area contributed by atoms with Crippen molar-refractivity contribution >= 4 is 39.0 Å². The highest BCUT2D eigenvalue weighted by molar-refractivity contribution is 9.10. The second kappa shape index (κ2) is 7.54. The van der Waals surface area contributed by atoms with Gasteiger partial charge in [0.25, 0.3) is 5.91 Å². The Kier molecular flexibility index (Phi) is 5.10. The van der Waals surface area contributed by atoms with E-state index in [1.54, 1.807) is 6.20 Å². The van der Waals surface area contributed by atoms with Gasteiger partial charge in [-0.2, -0.15) is 0 Å². The number of carbonyl (C=O) groups is 1. The molecule has 7 heteroatoms.